The van der Waals surface area contributed by atoms with Crippen LogP contribution in [0.15, 0.2) is 78.3 Å². The molecule has 6 nitrogen and oxygen atoms in total. The summed E-state index contributed by atoms with van der Waals surface area (Å²) in [6.45, 7) is 2.57. The van der Waals surface area contributed by atoms with Crippen LogP contribution < -0.4 is 10.1 Å². The third-order valence-corrected chi connectivity index (χ3v) is 7.33. The van der Waals surface area contributed by atoms with E-state index in [1.807, 2.05) is 31.2 Å². The van der Waals surface area contributed by atoms with Gasteiger partial charge in [-0.1, -0.05) is 0 Å². The van der Waals surface area contributed by atoms with Crippen LogP contribution in [0.2, 0.25) is 0 Å². The smallest absolute Gasteiger partial charge is 0.264 e. The van der Waals surface area contributed by atoms with E-state index in [1.165, 1.54) is 35.7 Å². The number of hydrogen-bond acceptors (Lipinski definition) is 8. The van der Waals surface area contributed by atoms with E-state index in [0.29, 0.717) is 33.2 Å². The van der Waals surface area contributed by atoms with Crippen LogP contribution in [0.3, 0.4) is 0 Å². The van der Waals surface area contributed by atoms with Crippen LogP contribution in [0.25, 0.3) is 16.3 Å². The van der Waals surface area contributed by atoms with Crippen LogP contribution in [0.5, 0.6) is 5.75 Å². The molecule has 0 saturated carbocycles. The molecule has 0 atom stereocenters. The zero-order valence-corrected chi connectivity index (χ0v) is 19.7. The third kappa shape index (κ3) is 5.13. The number of nitrogens with zero attached hydrogens (tertiary/aromatic N) is 2. The van der Waals surface area contributed by atoms with Crippen molar-refractivity contribution in [2.75, 3.05) is 6.61 Å². The van der Waals surface area contributed by atoms with Crippen molar-refractivity contribution in [3.63, 3.8) is 0 Å². The molecule has 0 aliphatic carbocycles. The van der Waals surface area contributed by atoms with Crippen molar-refractivity contribution in [2.45, 2.75) is 16.4 Å². The van der Waals surface area contributed by atoms with Crippen molar-refractivity contribution in [2.24, 2.45) is 4.99 Å². The summed E-state index contributed by atoms with van der Waals surface area (Å²) in [5.41, 5.74) is 1.47. The number of benzene rings is 2. The molecule has 3 heterocycles. The molecular formula is C23H16FN3O3S3. The molecule has 1 amide bonds. The second-order valence-corrected chi connectivity index (χ2v) is 10.1. The number of rotatable bonds is 6. The summed E-state index contributed by atoms with van der Waals surface area (Å²) >= 11 is 4.19. The fourth-order valence-corrected chi connectivity index (χ4v) is 5.80. The highest BCUT2D eigenvalue weighted by atomic mass is 32.2. The highest BCUT2D eigenvalue weighted by Crippen LogP contribution is 2.37. The van der Waals surface area contributed by atoms with Crippen molar-refractivity contribution < 1.29 is 18.3 Å². The monoisotopic (exact) mass is 497 g/mol. The van der Waals surface area contributed by atoms with Crippen LogP contribution in [0, 0.1) is 5.82 Å². The lowest BCUT2D eigenvalue weighted by molar-refractivity contribution is -0.115. The second kappa shape index (κ2) is 9.42. The summed E-state index contributed by atoms with van der Waals surface area (Å²) in [4.78, 5) is 21.7. The minimum absolute atomic E-state index is 0.261. The van der Waals surface area contributed by atoms with Gasteiger partial charge in [0.25, 0.3) is 5.91 Å². The number of amidine groups is 1. The molecule has 0 spiro atoms. The van der Waals surface area contributed by atoms with E-state index in [9.17, 15) is 9.18 Å². The normalized spacial score (nSPS) is 16.1. The van der Waals surface area contributed by atoms with E-state index in [4.69, 9.17) is 9.15 Å². The molecule has 1 saturated heterocycles. The minimum atomic E-state index is -0.338. The Labute approximate surface area is 201 Å². The summed E-state index contributed by atoms with van der Waals surface area (Å²) in [5.74, 6) is 0.780. The first kappa shape index (κ1) is 21.7. The molecule has 33 heavy (non-hydrogen) atoms. The Bertz CT molecular complexity index is 1390. The molecule has 1 fully saturated rings. The molecule has 0 bridgehead atoms. The van der Waals surface area contributed by atoms with Gasteiger partial charge in [0.2, 0.25) is 0 Å². The van der Waals surface area contributed by atoms with Gasteiger partial charge in [0, 0.05) is 6.08 Å². The average Bonchev–Trinajstić information content (AvgIpc) is 3.49. The number of aliphatic imine (C=N–C) groups is 1. The van der Waals surface area contributed by atoms with Crippen LogP contribution in [-0.2, 0) is 4.79 Å². The molecule has 166 valence electrons. The number of thiazole rings is 1. The number of hydrogen-bond donors (Lipinski definition) is 1. The van der Waals surface area contributed by atoms with E-state index in [-0.39, 0.29) is 11.7 Å². The molecule has 1 N–H and O–H groups in total. The van der Waals surface area contributed by atoms with Gasteiger partial charge in [0.1, 0.15) is 17.3 Å². The summed E-state index contributed by atoms with van der Waals surface area (Å²) < 4.78 is 26.4. The fraction of sp³-hybridized carbons (Fsp3) is 0.0870. The first-order chi connectivity index (χ1) is 16.1. The number of aromatic nitrogens is 1. The Morgan fingerprint density at radius 2 is 2.06 bits per heavy atom. The maximum absolute atomic E-state index is 13.1. The van der Waals surface area contributed by atoms with Gasteiger partial charge in [-0.05, 0) is 85.0 Å². The van der Waals surface area contributed by atoms with Gasteiger partial charge >= 0.3 is 0 Å². The van der Waals surface area contributed by atoms with Gasteiger partial charge in [0.05, 0.1) is 27.4 Å². The molecular weight excluding hydrogens is 481 g/mol. The zero-order chi connectivity index (χ0) is 22.8. The van der Waals surface area contributed by atoms with Gasteiger partial charge in [-0.2, -0.15) is 0 Å². The molecule has 5 rings (SSSR count). The summed E-state index contributed by atoms with van der Waals surface area (Å²) in [5, 5.41) is 3.81. The number of carbonyl (C=O) groups excluding carboxylic acids is 1. The molecule has 1 aliphatic rings. The maximum Gasteiger partial charge on any atom is 0.264 e. The highest BCUT2D eigenvalue weighted by molar-refractivity contribution is 8.18. The highest BCUT2D eigenvalue weighted by Gasteiger charge is 2.24. The summed E-state index contributed by atoms with van der Waals surface area (Å²) in [6, 6.07) is 15.2. The first-order valence-electron chi connectivity index (χ1n) is 9.92. The quantitative estimate of drug-likeness (QED) is 0.308. The van der Waals surface area contributed by atoms with Crippen molar-refractivity contribution in [3.8, 4) is 5.75 Å². The zero-order valence-electron chi connectivity index (χ0n) is 17.2. The molecule has 4 aromatic rings. The largest absolute Gasteiger partial charge is 0.494 e. The topological polar surface area (TPSA) is 76.7 Å². The predicted octanol–water partition coefficient (Wildman–Crippen LogP) is 6.47. The lowest BCUT2D eigenvalue weighted by atomic mass is 10.3. The number of fused-ring (bicyclic) bond motifs is 1. The van der Waals surface area contributed by atoms with Crippen molar-refractivity contribution in [3.05, 3.63) is 71.1 Å². The Balaban J connectivity index is 1.29. The standard InChI is InChI=1S/C23H16FN3O3S3/c1-2-29-15-7-9-17-18(11-15)32-23(26-17)33-20-10-8-16(30-20)12-19-21(28)27-22(31-19)25-14-5-3-13(24)4-6-14/h3-12H,2H2,1H3,(H,25,27,28)/b19-12-. The molecule has 1 aliphatic heterocycles. The SMILES string of the molecule is CCOc1ccc2nc(Sc3ccc(/C=C4\SC(=Nc5ccc(F)cc5)NC4=O)o3)sc2c1. The number of halogens is 1. The number of ether oxygens (including phenoxy) is 1. The van der Waals surface area contributed by atoms with Crippen LogP contribution in [-0.4, -0.2) is 22.7 Å². The number of nitrogens with one attached hydrogen (secondary N) is 1. The lowest BCUT2D eigenvalue weighted by Gasteiger charge is -2.00. The average molecular weight is 498 g/mol. The first-order valence-corrected chi connectivity index (χ1v) is 12.4. The molecule has 0 radical (unpaired) electrons. The van der Waals surface area contributed by atoms with E-state index < -0.39 is 0 Å². The molecule has 0 unspecified atom stereocenters. The van der Waals surface area contributed by atoms with Crippen LogP contribution in [0.4, 0.5) is 10.1 Å². The Hall–Kier alpha value is -3.08. The van der Waals surface area contributed by atoms with E-state index in [2.05, 4.69) is 15.3 Å². The Morgan fingerprint density at radius 1 is 1.21 bits per heavy atom. The number of thioether (sulfide) groups is 1. The van der Waals surface area contributed by atoms with E-state index in [1.54, 1.807) is 35.6 Å². The lowest BCUT2D eigenvalue weighted by Crippen LogP contribution is -2.19. The predicted molar refractivity (Wildman–Crippen MR) is 131 cm³/mol. The number of amides is 1. The van der Waals surface area contributed by atoms with E-state index >= 15 is 0 Å². The maximum atomic E-state index is 13.1. The van der Waals surface area contributed by atoms with Gasteiger partial charge < -0.3 is 14.5 Å². The Kier molecular flexibility index (Phi) is 6.21. The number of carbonyl (C=O) groups is 1. The summed E-state index contributed by atoms with van der Waals surface area (Å²) in [6.07, 6.45) is 1.67. The van der Waals surface area contributed by atoms with Crippen molar-refractivity contribution in [1.29, 1.82) is 0 Å². The molecule has 10 heteroatoms. The van der Waals surface area contributed by atoms with Gasteiger partial charge in [-0.3, -0.25) is 4.79 Å². The minimum Gasteiger partial charge on any atom is -0.494 e. The second-order valence-electron chi connectivity index (χ2n) is 6.76. The summed E-state index contributed by atoms with van der Waals surface area (Å²) in [7, 11) is 0. The van der Waals surface area contributed by atoms with Crippen LogP contribution in [0.1, 0.15) is 12.7 Å². The molecule has 2 aromatic carbocycles. The third-order valence-electron chi connectivity index (χ3n) is 4.42. The fourth-order valence-electron chi connectivity index (χ4n) is 2.98. The molecule has 2 aromatic heterocycles. The van der Waals surface area contributed by atoms with Crippen molar-refractivity contribution in [1.82, 2.24) is 10.3 Å². The number of furan rings is 1. The van der Waals surface area contributed by atoms with E-state index in [0.717, 1.165) is 20.3 Å². The van der Waals surface area contributed by atoms with Crippen molar-refractivity contribution >= 4 is 67.9 Å². The Morgan fingerprint density at radius 3 is 2.88 bits per heavy atom. The van der Waals surface area contributed by atoms with Gasteiger partial charge in [-0.25, -0.2) is 14.4 Å². The van der Waals surface area contributed by atoms with Crippen LogP contribution >= 0.6 is 34.9 Å². The van der Waals surface area contributed by atoms with Gasteiger partial charge in [-0.15, -0.1) is 11.3 Å². The van der Waals surface area contributed by atoms with Gasteiger partial charge in [0.15, 0.2) is 14.6 Å².